The van der Waals surface area contributed by atoms with E-state index in [1.54, 1.807) is 0 Å². The molecule has 1 rings (SSSR count). The highest BCUT2D eigenvalue weighted by atomic mass is 79.9. The minimum Gasteiger partial charge on any atom is -0.382 e. The van der Waals surface area contributed by atoms with Gasteiger partial charge in [0.15, 0.2) is 0 Å². The van der Waals surface area contributed by atoms with Crippen molar-refractivity contribution < 1.29 is 22.7 Å². The third-order valence-electron chi connectivity index (χ3n) is 1.84. The molecule has 0 bridgehead atoms. The molecular formula is C9H7BrF4O. The zero-order chi connectivity index (χ0) is 11.6. The molecule has 1 aromatic rings. The topological polar surface area (TPSA) is 20.2 Å². The van der Waals surface area contributed by atoms with Gasteiger partial charge in [-0.05, 0) is 17.7 Å². The van der Waals surface area contributed by atoms with E-state index in [1.807, 2.05) is 0 Å². The molecule has 0 fully saturated rings. The van der Waals surface area contributed by atoms with Crippen molar-refractivity contribution in [1.29, 1.82) is 0 Å². The summed E-state index contributed by atoms with van der Waals surface area (Å²) >= 11 is 3.06. The van der Waals surface area contributed by atoms with Gasteiger partial charge in [-0.25, -0.2) is 8.78 Å². The van der Waals surface area contributed by atoms with E-state index in [9.17, 15) is 17.6 Å². The smallest absolute Gasteiger partial charge is 0.336 e. The Morgan fingerprint density at radius 3 is 2.00 bits per heavy atom. The minimum atomic E-state index is -4.44. The highest BCUT2D eigenvalue weighted by Crippen LogP contribution is 2.36. The molecule has 1 N–H and O–H groups in total. The number of rotatable bonds is 3. The Hall–Kier alpha value is -0.620. The summed E-state index contributed by atoms with van der Waals surface area (Å²) < 4.78 is 49.9. The van der Waals surface area contributed by atoms with Crippen molar-refractivity contribution in [2.75, 3.05) is 0 Å². The summed E-state index contributed by atoms with van der Waals surface area (Å²) in [4.78, 5) is 0. The Morgan fingerprint density at radius 2 is 1.60 bits per heavy atom. The second-order valence-corrected chi connectivity index (χ2v) is 3.84. The highest BCUT2D eigenvalue weighted by Gasteiger charge is 2.48. The molecule has 0 saturated carbocycles. The molecule has 0 aromatic heterocycles. The second kappa shape index (κ2) is 4.49. The molecule has 1 atom stereocenters. The van der Waals surface area contributed by atoms with Crippen LogP contribution in [0.15, 0.2) is 28.7 Å². The van der Waals surface area contributed by atoms with E-state index in [0.717, 1.165) is 12.1 Å². The third kappa shape index (κ3) is 2.69. The van der Waals surface area contributed by atoms with E-state index in [-0.39, 0.29) is 5.56 Å². The third-order valence-corrected chi connectivity index (χ3v) is 2.37. The van der Waals surface area contributed by atoms with Crippen molar-refractivity contribution >= 4 is 15.9 Å². The zero-order valence-corrected chi connectivity index (χ0v) is 8.89. The van der Waals surface area contributed by atoms with E-state index in [4.69, 9.17) is 5.11 Å². The molecule has 0 aliphatic heterocycles. The van der Waals surface area contributed by atoms with Crippen molar-refractivity contribution in [2.45, 2.75) is 18.5 Å². The lowest BCUT2D eigenvalue weighted by molar-refractivity contribution is -0.193. The van der Waals surface area contributed by atoms with Crippen LogP contribution < -0.4 is 0 Å². The average Bonchev–Trinajstić information content (AvgIpc) is 2.17. The molecule has 1 aromatic carbocycles. The predicted molar refractivity (Wildman–Crippen MR) is 50.1 cm³/mol. The lowest BCUT2D eigenvalue weighted by atomic mass is 10.0. The van der Waals surface area contributed by atoms with E-state index in [2.05, 4.69) is 15.9 Å². The quantitative estimate of drug-likeness (QED) is 0.845. The molecule has 6 heteroatoms. The standard InChI is InChI=1S/C9H7BrF4O/c10-6-3-1-5(2-4-6)7(15)9(13,14)8(11)12/h1-4,7-8,15H. The molecule has 1 unspecified atom stereocenters. The van der Waals surface area contributed by atoms with Gasteiger partial charge >= 0.3 is 12.3 Å². The minimum absolute atomic E-state index is 0.247. The number of benzene rings is 1. The molecule has 15 heavy (non-hydrogen) atoms. The van der Waals surface area contributed by atoms with Gasteiger partial charge in [0, 0.05) is 4.47 Å². The van der Waals surface area contributed by atoms with Crippen LogP contribution in [-0.2, 0) is 0 Å². The number of aliphatic hydroxyl groups is 1. The van der Waals surface area contributed by atoms with E-state index >= 15 is 0 Å². The number of halogens is 5. The predicted octanol–water partition coefficient (Wildman–Crippen LogP) is 3.38. The molecule has 0 heterocycles. The zero-order valence-electron chi connectivity index (χ0n) is 7.30. The van der Waals surface area contributed by atoms with E-state index in [1.165, 1.54) is 12.1 Å². The van der Waals surface area contributed by atoms with Crippen LogP contribution >= 0.6 is 15.9 Å². The monoisotopic (exact) mass is 286 g/mol. The van der Waals surface area contributed by atoms with Gasteiger partial charge in [0.2, 0.25) is 0 Å². The van der Waals surface area contributed by atoms with Crippen LogP contribution in [0.1, 0.15) is 11.7 Å². The fourth-order valence-corrected chi connectivity index (χ4v) is 1.25. The second-order valence-electron chi connectivity index (χ2n) is 2.93. The lowest BCUT2D eigenvalue weighted by Gasteiger charge is -2.21. The summed E-state index contributed by atoms with van der Waals surface area (Å²) in [5.41, 5.74) is -0.247. The van der Waals surface area contributed by atoms with Crippen LogP contribution in [0, 0.1) is 0 Å². The van der Waals surface area contributed by atoms with Gasteiger partial charge in [-0.2, -0.15) is 8.78 Å². The summed E-state index contributed by atoms with van der Waals surface area (Å²) in [6.45, 7) is 0. The highest BCUT2D eigenvalue weighted by molar-refractivity contribution is 9.10. The normalized spacial score (nSPS) is 14.3. The first-order valence-electron chi connectivity index (χ1n) is 3.95. The molecule has 0 spiro atoms. The van der Waals surface area contributed by atoms with Crippen LogP contribution in [0.3, 0.4) is 0 Å². The molecule has 0 saturated heterocycles. The Bertz CT molecular complexity index is 325. The molecule has 0 radical (unpaired) electrons. The van der Waals surface area contributed by atoms with Gasteiger partial charge in [-0.3, -0.25) is 0 Å². The van der Waals surface area contributed by atoms with Gasteiger partial charge < -0.3 is 5.11 Å². The van der Waals surface area contributed by atoms with Gasteiger partial charge in [0.1, 0.15) is 6.10 Å². The Kier molecular flexibility index (Phi) is 3.72. The summed E-state index contributed by atoms with van der Waals surface area (Å²) in [6, 6.07) is 5.09. The van der Waals surface area contributed by atoms with Crippen LogP contribution in [0.4, 0.5) is 17.6 Å². The van der Waals surface area contributed by atoms with Crippen LogP contribution in [0.2, 0.25) is 0 Å². The molecule has 0 amide bonds. The fourth-order valence-electron chi connectivity index (χ4n) is 0.987. The van der Waals surface area contributed by atoms with E-state index in [0.29, 0.717) is 4.47 Å². The molecular weight excluding hydrogens is 280 g/mol. The fraction of sp³-hybridized carbons (Fsp3) is 0.333. The van der Waals surface area contributed by atoms with Crippen molar-refractivity contribution in [3.63, 3.8) is 0 Å². The number of hydrogen-bond donors (Lipinski definition) is 1. The van der Waals surface area contributed by atoms with Crippen molar-refractivity contribution in [3.05, 3.63) is 34.3 Å². The van der Waals surface area contributed by atoms with Crippen LogP contribution in [-0.4, -0.2) is 17.5 Å². The number of hydrogen-bond acceptors (Lipinski definition) is 1. The maximum atomic E-state index is 12.7. The molecule has 1 nitrogen and oxygen atoms in total. The van der Waals surface area contributed by atoms with Crippen molar-refractivity contribution in [2.24, 2.45) is 0 Å². The maximum Gasteiger partial charge on any atom is 0.336 e. The molecule has 0 aliphatic rings. The largest absolute Gasteiger partial charge is 0.382 e. The number of alkyl halides is 4. The first-order valence-corrected chi connectivity index (χ1v) is 4.74. The average molecular weight is 287 g/mol. The van der Waals surface area contributed by atoms with Gasteiger partial charge in [0.25, 0.3) is 0 Å². The summed E-state index contributed by atoms with van der Waals surface area (Å²) in [7, 11) is 0. The Balaban J connectivity index is 2.94. The van der Waals surface area contributed by atoms with E-state index < -0.39 is 18.5 Å². The van der Waals surface area contributed by atoms with Gasteiger partial charge in [-0.1, -0.05) is 28.1 Å². The molecule has 0 aliphatic carbocycles. The van der Waals surface area contributed by atoms with Gasteiger partial charge in [-0.15, -0.1) is 0 Å². The summed E-state index contributed by atoms with van der Waals surface area (Å²) in [6.07, 6.45) is -6.39. The summed E-state index contributed by atoms with van der Waals surface area (Å²) in [5.74, 6) is -4.44. The number of aliphatic hydroxyl groups excluding tert-OH is 1. The van der Waals surface area contributed by atoms with Gasteiger partial charge in [0.05, 0.1) is 0 Å². The SMILES string of the molecule is OC(c1ccc(Br)cc1)C(F)(F)C(F)F. The summed E-state index contributed by atoms with van der Waals surface area (Å²) in [5, 5.41) is 9.06. The lowest BCUT2D eigenvalue weighted by Crippen LogP contribution is -2.34. The van der Waals surface area contributed by atoms with Crippen molar-refractivity contribution in [1.82, 2.24) is 0 Å². The maximum absolute atomic E-state index is 12.7. The van der Waals surface area contributed by atoms with Crippen LogP contribution in [0.5, 0.6) is 0 Å². The Morgan fingerprint density at radius 1 is 1.13 bits per heavy atom. The first kappa shape index (κ1) is 12.4. The first-order chi connectivity index (χ1) is 6.85. The molecule has 84 valence electrons. The van der Waals surface area contributed by atoms with Crippen LogP contribution in [0.25, 0.3) is 0 Å². The Labute approximate surface area is 91.9 Å². The van der Waals surface area contributed by atoms with Crippen molar-refractivity contribution in [3.8, 4) is 0 Å².